The summed E-state index contributed by atoms with van der Waals surface area (Å²) in [5, 5.41) is 6.16. The van der Waals surface area contributed by atoms with Gasteiger partial charge < -0.3 is 10.6 Å². The zero-order valence-corrected chi connectivity index (χ0v) is 17.6. The molecule has 2 amide bonds. The molecule has 0 radical (unpaired) electrons. The zero-order valence-electron chi connectivity index (χ0n) is 16.8. The molecule has 0 saturated heterocycles. The number of nitrogens with zero attached hydrogens (tertiary/aromatic N) is 2. The fraction of sp³-hybridized carbons (Fsp3) is 0.0870. The van der Waals surface area contributed by atoms with E-state index < -0.39 is 17.8 Å². The van der Waals surface area contributed by atoms with Crippen LogP contribution < -0.4 is 10.6 Å². The predicted octanol–water partition coefficient (Wildman–Crippen LogP) is 6.84. The molecule has 0 aliphatic rings. The largest absolute Gasteiger partial charge is 0.416 e. The minimum atomic E-state index is -4.43. The molecule has 0 spiro atoms. The second kappa shape index (κ2) is 8.80. The van der Waals surface area contributed by atoms with Gasteiger partial charge in [-0.15, -0.1) is 11.3 Å². The van der Waals surface area contributed by atoms with Gasteiger partial charge >= 0.3 is 12.2 Å². The summed E-state index contributed by atoms with van der Waals surface area (Å²) in [5.74, 6) is 0. The van der Waals surface area contributed by atoms with Crippen molar-refractivity contribution in [2.75, 3.05) is 10.6 Å². The molecule has 4 aromatic rings. The van der Waals surface area contributed by atoms with Gasteiger partial charge in [0.2, 0.25) is 0 Å². The van der Waals surface area contributed by atoms with Gasteiger partial charge in [-0.1, -0.05) is 12.1 Å². The maximum absolute atomic E-state index is 12.7. The summed E-state index contributed by atoms with van der Waals surface area (Å²) in [7, 11) is 0. The number of alkyl halides is 3. The van der Waals surface area contributed by atoms with E-state index in [0.29, 0.717) is 5.69 Å². The van der Waals surface area contributed by atoms with Crippen LogP contribution in [0.3, 0.4) is 0 Å². The normalized spacial score (nSPS) is 11.2. The molecule has 0 unspecified atom stereocenters. The lowest BCUT2D eigenvalue weighted by Gasteiger charge is -2.11. The number of carbonyl (C=O) groups excluding carboxylic acids is 1. The average molecular weight is 454 g/mol. The Morgan fingerprint density at radius 3 is 2.28 bits per heavy atom. The summed E-state index contributed by atoms with van der Waals surface area (Å²) in [6, 6.07) is 14.8. The molecule has 0 aliphatic carbocycles. The number of anilines is 2. The molecule has 4 rings (SSSR count). The number of hydrogen-bond donors (Lipinski definition) is 2. The van der Waals surface area contributed by atoms with Crippen LogP contribution in [0.25, 0.3) is 21.7 Å². The highest BCUT2D eigenvalue weighted by Gasteiger charge is 2.30. The highest BCUT2D eigenvalue weighted by atomic mass is 32.1. The topological polar surface area (TPSA) is 66.9 Å². The van der Waals surface area contributed by atoms with Gasteiger partial charge in [0.1, 0.15) is 0 Å². The lowest BCUT2D eigenvalue weighted by atomic mass is 10.1. The molecule has 32 heavy (non-hydrogen) atoms. The molecule has 2 N–H and O–H groups in total. The Morgan fingerprint density at radius 1 is 0.906 bits per heavy atom. The Kier molecular flexibility index (Phi) is 5.91. The van der Waals surface area contributed by atoms with Gasteiger partial charge in [-0.3, -0.25) is 4.98 Å². The van der Waals surface area contributed by atoms with Crippen molar-refractivity contribution in [2.24, 2.45) is 0 Å². The number of thiazole rings is 1. The number of aromatic nitrogens is 2. The lowest BCUT2D eigenvalue weighted by molar-refractivity contribution is -0.137. The lowest BCUT2D eigenvalue weighted by Crippen LogP contribution is -2.19. The van der Waals surface area contributed by atoms with Crippen LogP contribution in [-0.4, -0.2) is 16.0 Å². The van der Waals surface area contributed by atoms with Crippen molar-refractivity contribution < 1.29 is 18.0 Å². The van der Waals surface area contributed by atoms with Crippen molar-refractivity contribution in [3.05, 3.63) is 83.6 Å². The van der Waals surface area contributed by atoms with E-state index in [1.165, 1.54) is 12.1 Å². The van der Waals surface area contributed by atoms with E-state index in [1.54, 1.807) is 29.8 Å². The molecule has 5 nitrogen and oxygen atoms in total. The standard InChI is InChI=1S/C23H17F3N4OS/c1-14-28-20(15-9-11-27-12-10-15)21(32-14)16-3-2-4-19(13-16)30-22(31)29-18-7-5-17(6-8-18)23(24,25)26/h2-13H,1H3,(H2,29,30,31). The molecule has 2 heterocycles. The third kappa shape index (κ3) is 4.94. The van der Waals surface area contributed by atoms with Crippen LogP contribution in [0.1, 0.15) is 10.6 Å². The minimum Gasteiger partial charge on any atom is -0.308 e. The first kappa shape index (κ1) is 21.5. The van der Waals surface area contributed by atoms with Crippen LogP contribution >= 0.6 is 11.3 Å². The van der Waals surface area contributed by atoms with Crippen LogP contribution in [0.2, 0.25) is 0 Å². The fourth-order valence-electron chi connectivity index (χ4n) is 3.10. The number of aryl methyl sites for hydroxylation is 1. The van der Waals surface area contributed by atoms with Crippen molar-refractivity contribution in [3.8, 4) is 21.7 Å². The predicted molar refractivity (Wildman–Crippen MR) is 120 cm³/mol. The van der Waals surface area contributed by atoms with Crippen molar-refractivity contribution in [1.29, 1.82) is 0 Å². The van der Waals surface area contributed by atoms with Crippen molar-refractivity contribution in [2.45, 2.75) is 13.1 Å². The second-order valence-electron chi connectivity index (χ2n) is 6.88. The van der Waals surface area contributed by atoms with Gasteiger partial charge in [-0.2, -0.15) is 13.2 Å². The Bertz CT molecular complexity index is 1240. The third-order valence-corrected chi connectivity index (χ3v) is 5.56. The quantitative estimate of drug-likeness (QED) is 0.355. The van der Waals surface area contributed by atoms with Gasteiger partial charge in [0, 0.05) is 29.3 Å². The molecule has 0 fully saturated rings. The number of urea groups is 1. The summed E-state index contributed by atoms with van der Waals surface area (Å²) in [5.41, 5.74) is 2.68. The molecule has 162 valence electrons. The second-order valence-corrected chi connectivity index (χ2v) is 8.08. The number of pyridine rings is 1. The first-order valence-corrected chi connectivity index (χ1v) is 10.3. The van der Waals surface area contributed by atoms with Gasteiger partial charge in [-0.25, -0.2) is 9.78 Å². The van der Waals surface area contributed by atoms with Crippen molar-refractivity contribution in [3.63, 3.8) is 0 Å². The maximum atomic E-state index is 12.7. The number of nitrogens with one attached hydrogen (secondary N) is 2. The molecule has 2 aromatic heterocycles. The third-order valence-electron chi connectivity index (χ3n) is 4.54. The van der Waals surface area contributed by atoms with Crippen LogP contribution in [0, 0.1) is 6.92 Å². The summed E-state index contributed by atoms with van der Waals surface area (Å²) < 4.78 is 38.0. The molecule has 0 atom stereocenters. The molecule has 2 aromatic carbocycles. The molecule has 0 saturated carbocycles. The first-order chi connectivity index (χ1) is 15.3. The maximum Gasteiger partial charge on any atom is 0.416 e. The van der Waals surface area contributed by atoms with E-state index in [9.17, 15) is 18.0 Å². The van der Waals surface area contributed by atoms with E-state index in [1.807, 2.05) is 37.3 Å². The molecular formula is C23H17F3N4OS. The van der Waals surface area contributed by atoms with Crippen molar-refractivity contribution in [1.82, 2.24) is 9.97 Å². The number of amides is 2. The fourth-order valence-corrected chi connectivity index (χ4v) is 4.04. The molecule has 0 aliphatic heterocycles. The van der Waals surface area contributed by atoms with Gasteiger partial charge in [0.25, 0.3) is 0 Å². The van der Waals surface area contributed by atoms with Crippen LogP contribution in [0.15, 0.2) is 73.1 Å². The van der Waals surface area contributed by atoms with Crippen LogP contribution in [-0.2, 0) is 6.18 Å². The Labute approximate surface area is 186 Å². The number of halogens is 3. The van der Waals surface area contributed by atoms with Crippen LogP contribution in [0.4, 0.5) is 29.3 Å². The number of hydrogen-bond acceptors (Lipinski definition) is 4. The smallest absolute Gasteiger partial charge is 0.308 e. The van der Waals surface area contributed by atoms with E-state index in [0.717, 1.165) is 38.8 Å². The molecule has 9 heteroatoms. The summed E-state index contributed by atoms with van der Waals surface area (Å²) in [4.78, 5) is 22.0. The number of benzene rings is 2. The summed E-state index contributed by atoms with van der Waals surface area (Å²) in [6.45, 7) is 1.93. The average Bonchev–Trinajstić information content (AvgIpc) is 3.16. The van der Waals surface area contributed by atoms with E-state index >= 15 is 0 Å². The van der Waals surface area contributed by atoms with Crippen molar-refractivity contribution >= 4 is 28.7 Å². The highest BCUT2D eigenvalue weighted by molar-refractivity contribution is 7.15. The summed E-state index contributed by atoms with van der Waals surface area (Å²) >= 11 is 1.54. The minimum absolute atomic E-state index is 0.254. The zero-order chi connectivity index (χ0) is 22.7. The SMILES string of the molecule is Cc1nc(-c2ccncc2)c(-c2cccc(NC(=O)Nc3ccc(C(F)(F)F)cc3)c2)s1. The van der Waals surface area contributed by atoms with Gasteiger partial charge in [0.15, 0.2) is 0 Å². The van der Waals surface area contributed by atoms with Crippen LogP contribution in [0.5, 0.6) is 0 Å². The Hall–Kier alpha value is -3.72. The molecular weight excluding hydrogens is 437 g/mol. The van der Waals surface area contributed by atoms with E-state index in [4.69, 9.17) is 0 Å². The van der Waals surface area contributed by atoms with Gasteiger partial charge in [0.05, 0.1) is 21.1 Å². The number of carbonyl (C=O) groups is 1. The number of rotatable bonds is 4. The Balaban J connectivity index is 1.51. The van der Waals surface area contributed by atoms with E-state index in [-0.39, 0.29) is 5.69 Å². The van der Waals surface area contributed by atoms with E-state index in [2.05, 4.69) is 20.6 Å². The monoisotopic (exact) mass is 454 g/mol. The first-order valence-electron chi connectivity index (χ1n) is 9.53. The Morgan fingerprint density at radius 2 is 1.59 bits per heavy atom. The summed E-state index contributed by atoms with van der Waals surface area (Å²) in [6.07, 6.45) is -1.01. The molecule has 0 bridgehead atoms. The highest BCUT2D eigenvalue weighted by Crippen LogP contribution is 2.37. The van der Waals surface area contributed by atoms with Gasteiger partial charge in [-0.05, 0) is 61.0 Å².